The lowest BCUT2D eigenvalue weighted by Gasteiger charge is -2.34. The van der Waals surface area contributed by atoms with Crippen molar-refractivity contribution in [3.63, 3.8) is 0 Å². The number of hydrogen-bond acceptors (Lipinski definition) is 2. The van der Waals surface area contributed by atoms with Gasteiger partial charge in [0.1, 0.15) is 0 Å². The van der Waals surface area contributed by atoms with Gasteiger partial charge in [0, 0.05) is 28.5 Å². The Labute approximate surface area is 135 Å². The van der Waals surface area contributed by atoms with Gasteiger partial charge >= 0.3 is 0 Å². The van der Waals surface area contributed by atoms with E-state index < -0.39 is 0 Å². The summed E-state index contributed by atoms with van der Waals surface area (Å²) >= 11 is 0. The average Bonchev–Trinajstić information content (AvgIpc) is 2.74. The number of Topliss-reactive ketones (excluding diaryl/α,β-unsaturated/α-hetero) is 1. The molecule has 0 N–H and O–H groups in total. The molecule has 0 bridgehead atoms. The Morgan fingerprint density at radius 3 is 2.50 bits per heavy atom. The Hall–Kier alpha value is -1.09. The van der Waals surface area contributed by atoms with E-state index in [2.05, 4.69) is 57.1 Å². The van der Waals surface area contributed by atoms with E-state index in [0.717, 1.165) is 24.2 Å². The fourth-order valence-corrected chi connectivity index (χ4v) is 4.08. The van der Waals surface area contributed by atoms with E-state index >= 15 is 0 Å². The molecule has 0 amide bonds. The molecule has 0 spiro atoms. The van der Waals surface area contributed by atoms with Gasteiger partial charge in [0.15, 0.2) is 5.78 Å². The number of carbonyl (C=O) groups is 1. The minimum atomic E-state index is 0.0176. The lowest BCUT2D eigenvalue weighted by Crippen LogP contribution is -2.42. The van der Waals surface area contributed by atoms with Crippen molar-refractivity contribution < 1.29 is 4.79 Å². The number of nitrogens with zero attached hydrogens (tertiary/aromatic N) is 2. The van der Waals surface area contributed by atoms with E-state index in [0.29, 0.717) is 12.6 Å². The third-order valence-corrected chi connectivity index (χ3v) is 4.97. The standard InChI is InChI=1S/C19H32N2O/c1-7-16-10-8-9-11-20(16)13-18(22)17-12-14(2)21(15(17)3)19(4,5)6/h12,16H,7-11,13H2,1-6H3. The van der Waals surface area contributed by atoms with E-state index in [1.54, 1.807) is 0 Å². The van der Waals surface area contributed by atoms with Gasteiger partial charge in [0.05, 0.1) is 6.54 Å². The van der Waals surface area contributed by atoms with Crippen molar-refractivity contribution in [3.8, 4) is 0 Å². The average molecular weight is 304 g/mol. The molecule has 3 nitrogen and oxygen atoms in total. The van der Waals surface area contributed by atoms with Crippen LogP contribution in [-0.4, -0.2) is 34.4 Å². The van der Waals surface area contributed by atoms with Gasteiger partial charge in [-0.15, -0.1) is 0 Å². The number of hydrogen-bond donors (Lipinski definition) is 0. The minimum absolute atomic E-state index is 0.0176. The van der Waals surface area contributed by atoms with Crippen LogP contribution >= 0.6 is 0 Å². The van der Waals surface area contributed by atoms with Crippen LogP contribution < -0.4 is 0 Å². The molecule has 1 aliphatic heterocycles. The Bertz CT molecular complexity index is 536. The normalized spacial score (nSPS) is 20.4. The van der Waals surface area contributed by atoms with Crippen LogP contribution in [0.1, 0.15) is 75.1 Å². The first-order valence-corrected chi connectivity index (χ1v) is 8.72. The third kappa shape index (κ3) is 3.45. The van der Waals surface area contributed by atoms with Crippen LogP contribution in [0.3, 0.4) is 0 Å². The second kappa shape index (κ2) is 6.57. The predicted octanol–water partition coefficient (Wildman–Crippen LogP) is 4.31. The van der Waals surface area contributed by atoms with Crippen molar-refractivity contribution in [2.75, 3.05) is 13.1 Å². The number of likely N-dealkylation sites (tertiary alicyclic amines) is 1. The zero-order valence-corrected chi connectivity index (χ0v) is 15.2. The lowest BCUT2D eigenvalue weighted by molar-refractivity contribution is 0.0837. The van der Waals surface area contributed by atoms with Crippen molar-refractivity contribution in [1.82, 2.24) is 9.47 Å². The SMILES string of the molecule is CCC1CCCCN1CC(=O)c1cc(C)n(C(C)(C)C)c1C. The number of rotatable bonds is 4. The highest BCUT2D eigenvalue weighted by Crippen LogP contribution is 2.26. The summed E-state index contributed by atoms with van der Waals surface area (Å²) in [6, 6.07) is 2.66. The molecule has 22 heavy (non-hydrogen) atoms. The molecular weight excluding hydrogens is 272 g/mol. The Morgan fingerprint density at radius 1 is 1.27 bits per heavy atom. The molecule has 1 fully saturated rings. The van der Waals surface area contributed by atoms with Gasteiger partial charge in [-0.3, -0.25) is 9.69 Å². The molecule has 0 aromatic carbocycles. The second-order valence-corrected chi connectivity index (χ2v) is 7.74. The largest absolute Gasteiger partial charge is 0.343 e. The molecular formula is C19H32N2O. The molecule has 1 aromatic heterocycles. The maximum absolute atomic E-state index is 12.8. The van der Waals surface area contributed by atoms with Gasteiger partial charge in [0.25, 0.3) is 0 Å². The first kappa shape index (κ1) is 17.3. The van der Waals surface area contributed by atoms with Crippen LogP contribution in [-0.2, 0) is 5.54 Å². The van der Waals surface area contributed by atoms with Crippen molar-refractivity contribution >= 4 is 5.78 Å². The molecule has 0 saturated carbocycles. The Kier molecular flexibility index (Phi) is 5.16. The minimum Gasteiger partial charge on any atom is -0.343 e. The molecule has 3 heteroatoms. The fraction of sp³-hybridized carbons (Fsp3) is 0.737. The zero-order valence-electron chi connectivity index (χ0n) is 15.2. The molecule has 1 unspecified atom stereocenters. The van der Waals surface area contributed by atoms with Crippen LogP contribution in [0.4, 0.5) is 0 Å². The van der Waals surface area contributed by atoms with Gasteiger partial charge < -0.3 is 4.57 Å². The third-order valence-electron chi connectivity index (χ3n) is 4.97. The highest BCUT2D eigenvalue weighted by Gasteiger charge is 2.26. The fourth-order valence-electron chi connectivity index (χ4n) is 4.08. The van der Waals surface area contributed by atoms with E-state index in [-0.39, 0.29) is 11.3 Å². The second-order valence-electron chi connectivity index (χ2n) is 7.74. The number of carbonyl (C=O) groups excluding carboxylic acids is 1. The summed E-state index contributed by atoms with van der Waals surface area (Å²) in [5.74, 6) is 0.281. The molecule has 1 saturated heterocycles. The van der Waals surface area contributed by atoms with Crippen LogP contribution in [0.25, 0.3) is 0 Å². The summed E-state index contributed by atoms with van der Waals surface area (Å²) in [4.78, 5) is 15.2. The van der Waals surface area contributed by atoms with Gasteiger partial charge in [-0.1, -0.05) is 13.3 Å². The van der Waals surface area contributed by atoms with Crippen LogP contribution in [0.2, 0.25) is 0 Å². The summed E-state index contributed by atoms with van der Waals surface area (Å²) in [6.45, 7) is 14.6. The van der Waals surface area contributed by atoms with Gasteiger partial charge in [-0.2, -0.15) is 0 Å². The first-order chi connectivity index (χ1) is 10.3. The summed E-state index contributed by atoms with van der Waals surface area (Å²) in [5, 5.41) is 0. The predicted molar refractivity (Wildman–Crippen MR) is 92.7 cm³/mol. The molecule has 0 aliphatic carbocycles. The molecule has 0 radical (unpaired) electrons. The number of aromatic nitrogens is 1. The zero-order chi connectivity index (χ0) is 16.5. The highest BCUT2D eigenvalue weighted by molar-refractivity contribution is 5.99. The summed E-state index contributed by atoms with van der Waals surface area (Å²) in [5.41, 5.74) is 3.22. The summed E-state index contributed by atoms with van der Waals surface area (Å²) < 4.78 is 2.29. The Balaban J connectivity index is 2.20. The maximum atomic E-state index is 12.8. The maximum Gasteiger partial charge on any atom is 0.178 e. The van der Waals surface area contributed by atoms with Gasteiger partial charge in [0.2, 0.25) is 0 Å². The molecule has 2 rings (SSSR count). The first-order valence-electron chi connectivity index (χ1n) is 8.72. The smallest absolute Gasteiger partial charge is 0.178 e. The van der Waals surface area contributed by atoms with Crippen molar-refractivity contribution in [3.05, 3.63) is 23.0 Å². The number of aryl methyl sites for hydroxylation is 1. The van der Waals surface area contributed by atoms with Crippen LogP contribution in [0.15, 0.2) is 6.07 Å². The van der Waals surface area contributed by atoms with Crippen molar-refractivity contribution in [1.29, 1.82) is 0 Å². The highest BCUT2D eigenvalue weighted by atomic mass is 16.1. The molecule has 124 valence electrons. The van der Waals surface area contributed by atoms with Gasteiger partial charge in [-0.25, -0.2) is 0 Å². The molecule has 1 atom stereocenters. The quantitative estimate of drug-likeness (QED) is 0.775. The lowest BCUT2D eigenvalue weighted by atomic mass is 9.99. The van der Waals surface area contributed by atoms with E-state index in [1.807, 2.05) is 0 Å². The van der Waals surface area contributed by atoms with Gasteiger partial charge in [-0.05, 0) is 66.5 Å². The molecule has 1 aliphatic rings. The van der Waals surface area contributed by atoms with E-state index in [4.69, 9.17) is 0 Å². The van der Waals surface area contributed by atoms with Crippen molar-refractivity contribution in [2.24, 2.45) is 0 Å². The van der Waals surface area contributed by atoms with Crippen molar-refractivity contribution in [2.45, 2.75) is 78.8 Å². The Morgan fingerprint density at radius 2 is 1.95 bits per heavy atom. The van der Waals surface area contributed by atoms with Crippen LogP contribution in [0, 0.1) is 13.8 Å². The molecule has 2 heterocycles. The van der Waals surface area contributed by atoms with Crippen LogP contribution in [0.5, 0.6) is 0 Å². The summed E-state index contributed by atoms with van der Waals surface area (Å²) in [7, 11) is 0. The number of ketones is 1. The van der Waals surface area contributed by atoms with E-state index in [1.165, 1.54) is 25.0 Å². The monoisotopic (exact) mass is 304 g/mol. The molecule has 1 aromatic rings. The van der Waals surface area contributed by atoms with E-state index in [9.17, 15) is 4.79 Å². The topological polar surface area (TPSA) is 25.2 Å². The number of piperidine rings is 1. The summed E-state index contributed by atoms with van der Waals surface area (Å²) in [6.07, 6.45) is 4.92.